The molecule has 1 saturated carbocycles. The fourth-order valence-electron chi connectivity index (χ4n) is 3.63. The first-order chi connectivity index (χ1) is 9.65. The maximum Gasteiger partial charge on any atom is 0.0729 e. The Balaban J connectivity index is 1.79. The van der Waals surface area contributed by atoms with E-state index in [-0.39, 0.29) is 6.10 Å². The molecule has 20 heavy (non-hydrogen) atoms. The smallest absolute Gasteiger partial charge is 0.0729 e. The van der Waals surface area contributed by atoms with Gasteiger partial charge in [-0.1, -0.05) is 38.0 Å². The zero-order chi connectivity index (χ0) is 14.1. The molecule has 1 aromatic heterocycles. The summed E-state index contributed by atoms with van der Waals surface area (Å²) in [6, 6.07) is 8.27. The SMILES string of the molecule is CC1CCCC(C(O)Cc2nn(C)c3ccccc23)C1. The summed E-state index contributed by atoms with van der Waals surface area (Å²) in [6.45, 7) is 2.30. The summed E-state index contributed by atoms with van der Waals surface area (Å²) in [5.74, 6) is 1.20. The first-order valence-corrected chi connectivity index (χ1v) is 7.74. The third kappa shape index (κ3) is 2.59. The van der Waals surface area contributed by atoms with Crippen LogP contribution in [0.1, 0.15) is 38.3 Å². The molecule has 3 heteroatoms. The number of aliphatic hydroxyl groups is 1. The van der Waals surface area contributed by atoms with Gasteiger partial charge in [-0.15, -0.1) is 0 Å². The van der Waals surface area contributed by atoms with Crippen LogP contribution < -0.4 is 0 Å². The van der Waals surface area contributed by atoms with Crippen molar-refractivity contribution in [3.63, 3.8) is 0 Å². The molecule has 2 aromatic rings. The maximum atomic E-state index is 10.6. The molecular formula is C17H24N2O. The van der Waals surface area contributed by atoms with E-state index in [2.05, 4.69) is 24.2 Å². The number of aromatic nitrogens is 2. The Labute approximate surface area is 120 Å². The van der Waals surface area contributed by atoms with E-state index in [0.29, 0.717) is 12.3 Å². The molecule has 1 heterocycles. The van der Waals surface area contributed by atoms with Crippen LogP contribution in [0, 0.1) is 11.8 Å². The fourth-order valence-corrected chi connectivity index (χ4v) is 3.63. The van der Waals surface area contributed by atoms with Crippen molar-refractivity contribution in [2.45, 2.75) is 45.1 Å². The fraction of sp³-hybridized carbons (Fsp3) is 0.588. The van der Waals surface area contributed by atoms with E-state index in [1.54, 1.807) is 0 Å². The van der Waals surface area contributed by atoms with Gasteiger partial charge in [-0.05, 0) is 30.7 Å². The van der Waals surface area contributed by atoms with Gasteiger partial charge in [0.2, 0.25) is 0 Å². The lowest BCUT2D eigenvalue weighted by molar-refractivity contribution is 0.0714. The van der Waals surface area contributed by atoms with Crippen molar-refractivity contribution in [3.05, 3.63) is 30.0 Å². The van der Waals surface area contributed by atoms with E-state index in [1.165, 1.54) is 18.2 Å². The van der Waals surface area contributed by atoms with Gasteiger partial charge in [0.25, 0.3) is 0 Å². The Morgan fingerprint density at radius 1 is 1.35 bits per heavy atom. The van der Waals surface area contributed by atoms with Gasteiger partial charge < -0.3 is 5.11 Å². The first kappa shape index (κ1) is 13.6. The van der Waals surface area contributed by atoms with Gasteiger partial charge in [0.05, 0.1) is 17.3 Å². The van der Waals surface area contributed by atoms with Gasteiger partial charge in [-0.2, -0.15) is 5.10 Å². The summed E-state index contributed by atoms with van der Waals surface area (Å²) in [4.78, 5) is 0. The number of aryl methyl sites for hydroxylation is 1. The summed E-state index contributed by atoms with van der Waals surface area (Å²) in [7, 11) is 1.97. The molecule has 1 N–H and O–H groups in total. The average molecular weight is 272 g/mol. The number of para-hydroxylation sites is 1. The Morgan fingerprint density at radius 2 is 2.15 bits per heavy atom. The molecule has 3 atom stereocenters. The standard InChI is InChI=1S/C17H24N2O/c1-12-6-5-7-13(10-12)17(20)11-15-14-8-3-4-9-16(14)19(2)18-15/h3-4,8-9,12-13,17,20H,5-7,10-11H2,1-2H3. The van der Waals surface area contributed by atoms with Gasteiger partial charge in [0.15, 0.2) is 0 Å². The largest absolute Gasteiger partial charge is 0.392 e. The van der Waals surface area contributed by atoms with Crippen LogP contribution in [0.25, 0.3) is 10.9 Å². The molecule has 3 rings (SSSR count). The van der Waals surface area contributed by atoms with Crippen LogP contribution >= 0.6 is 0 Å². The molecule has 3 unspecified atom stereocenters. The predicted molar refractivity (Wildman–Crippen MR) is 81.5 cm³/mol. The van der Waals surface area contributed by atoms with Crippen molar-refractivity contribution in [2.75, 3.05) is 0 Å². The summed E-state index contributed by atoms with van der Waals surface area (Å²) in [5, 5.41) is 16.3. The molecule has 0 radical (unpaired) electrons. The van der Waals surface area contributed by atoms with E-state index in [1.807, 2.05) is 23.9 Å². The molecule has 0 bridgehead atoms. The molecule has 108 valence electrons. The van der Waals surface area contributed by atoms with Crippen LogP contribution in [0.2, 0.25) is 0 Å². The second-order valence-corrected chi connectivity index (χ2v) is 6.39. The van der Waals surface area contributed by atoms with Gasteiger partial charge in [-0.25, -0.2) is 0 Å². The highest BCUT2D eigenvalue weighted by molar-refractivity contribution is 5.81. The highest BCUT2D eigenvalue weighted by Crippen LogP contribution is 2.32. The molecule has 1 fully saturated rings. The van der Waals surface area contributed by atoms with E-state index in [4.69, 9.17) is 0 Å². The van der Waals surface area contributed by atoms with Crippen LogP contribution in [0.4, 0.5) is 0 Å². The molecule has 0 aliphatic heterocycles. The summed E-state index contributed by atoms with van der Waals surface area (Å²) >= 11 is 0. The van der Waals surface area contributed by atoms with Crippen LogP contribution in [-0.2, 0) is 13.5 Å². The minimum Gasteiger partial charge on any atom is -0.392 e. The minimum atomic E-state index is -0.254. The second kappa shape index (κ2) is 5.57. The number of nitrogens with zero attached hydrogens (tertiary/aromatic N) is 2. The Kier molecular flexibility index (Phi) is 3.79. The molecule has 3 nitrogen and oxygen atoms in total. The number of benzene rings is 1. The Bertz CT molecular complexity index is 590. The molecular weight excluding hydrogens is 248 g/mol. The van der Waals surface area contributed by atoms with E-state index in [9.17, 15) is 5.11 Å². The normalized spacial score (nSPS) is 24.9. The number of aliphatic hydroxyl groups excluding tert-OH is 1. The molecule has 1 aromatic carbocycles. The summed E-state index contributed by atoms with van der Waals surface area (Å²) in [5.41, 5.74) is 2.18. The summed E-state index contributed by atoms with van der Waals surface area (Å²) < 4.78 is 1.92. The third-order valence-corrected chi connectivity index (χ3v) is 4.76. The zero-order valence-electron chi connectivity index (χ0n) is 12.4. The van der Waals surface area contributed by atoms with E-state index >= 15 is 0 Å². The van der Waals surface area contributed by atoms with Crippen molar-refractivity contribution in [1.82, 2.24) is 9.78 Å². The van der Waals surface area contributed by atoms with Gasteiger partial charge >= 0.3 is 0 Å². The molecule has 1 aliphatic rings. The lowest BCUT2D eigenvalue weighted by Crippen LogP contribution is -2.27. The maximum absolute atomic E-state index is 10.6. The van der Waals surface area contributed by atoms with Crippen molar-refractivity contribution in [1.29, 1.82) is 0 Å². The van der Waals surface area contributed by atoms with Crippen LogP contribution in [0.3, 0.4) is 0 Å². The highest BCUT2D eigenvalue weighted by atomic mass is 16.3. The summed E-state index contributed by atoms with van der Waals surface area (Å²) in [6.07, 6.45) is 5.32. The van der Waals surface area contributed by atoms with Crippen LogP contribution in [0.5, 0.6) is 0 Å². The average Bonchev–Trinajstić information content (AvgIpc) is 2.76. The quantitative estimate of drug-likeness (QED) is 0.931. The Hall–Kier alpha value is -1.35. The predicted octanol–water partition coefficient (Wildman–Crippen LogP) is 3.30. The molecule has 0 amide bonds. The van der Waals surface area contributed by atoms with Gasteiger partial charge in [0.1, 0.15) is 0 Å². The van der Waals surface area contributed by atoms with Gasteiger partial charge in [-0.3, -0.25) is 4.68 Å². The Morgan fingerprint density at radius 3 is 2.95 bits per heavy atom. The van der Waals surface area contributed by atoms with Crippen molar-refractivity contribution in [2.24, 2.45) is 18.9 Å². The minimum absolute atomic E-state index is 0.254. The lowest BCUT2D eigenvalue weighted by Gasteiger charge is -2.30. The van der Waals surface area contributed by atoms with Crippen molar-refractivity contribution in [3.8, 4) is 0 Å². The van der Waals surface area contributed by atoms with Gasteiger partial charge in [0, 0.05) is 18.9 Å². The number of fused-ring (bicyclic) bond motifs is 1. The molecule has 0 spiro atoms. The highest BCUT2D eigenvalue weighted by Gasteiger charge is 2.26. The molecule has 0 saturated heterocycles. The molecule has 1 aliphatic carbocycles. The zero-order valence-corrected chi connectivity index (χ0v) is 12.4. The van der Waals surface area contributed by atoms with E-state index < -0.39 is 0 Å². The number of hydrogen-bond acceptors (Lipinski definition) is 2. The first-order valence-electron chi connectivity index (χ1n) is 7.74. The van der Waals surface area contributed by atoms with E-state index in [0.717, 1.165) is 30.0 Å². The topological polar surface area (TPSA) is 38.1 Å². The monoisotopic (exact) mass is 272 g/mol. The van der Waals surface area contributed by atoms with Crippen LogP contribution in [0.15, 0.2) is 24.3 Å². The van der Waals surface area contributed by atoms with Crippen LogP contribution in [-0.4, -0.2) is 21.0 Å². The second-order valence-electron chi connectivity index (χ2n) is 6.39. The van der Waals surface area contributed by atoms with Crippen molar-refractivity contribution >= 4 is 10.9 Å². The van der Waals surface area contributed by atoms with Crippen molar-refractivity contribution < 1.29 is 5.11 Å². The number of rotatable bonds is 3. The lowest BCUT2D eigenvalue weighted by atomic mass is 9.78. The third-order valence-electron chi connectivity index (χ3n) is 4.76. The number of hydrogen-bond donors (Lipinski definition) is 1.